The van der Waals surface area contributed by atoms with Gasteiger partial charge in [-0.05, 0) is 17.9 Å². The Morgan fingerprint density at radius 2 is 1.71 bits per heavy atom. The molecule has 0 saturated heterocycles. The van der Waals surface area contributed by atoms with E-state index >= 15 is 0 Å². The molecule has 0 spiro atoms. The summed E-state index contributed by atoms with van der Waals surface area (Å²) in [5, 5.41) is 0. The number of hydrogen-bond acceptors (Lipinski definition) is 0. The summed E-state index contributed by atoms with van der Waals surface area (Å²) in [6.07, 6.45) is -4.58. The van der Waals surface area contributed by atoms with Crippen molar-refractivity contribution in [3.05, 3.63) is 35.9 Å². The molecule has 1 unspecified atom stereocenters. The van der Waals surface area contributed by atoms with E-state index < -0.39 is 12.6 Å². The number of halogens is 3. The molecule has 3 heteroatoms. The molecule has 0 nitrogen and oxygen atoms in total. The predicted molar refractivity (Wildman–Crippen MR) is 50.1 cm³/mol. The first-order valence-corrected chi connectivity index (χ1v) is 4.61. The molecule has 1 atom stereocenters. The SMILES string of the molecule is CC(CCC(F)(F)F)c1ccccc1. The summed E-state index contributed by atoms with van der Waals surface area (Å²) in [6.45, 7) is 1.82. The van der Waals surface area contributed by atoms with Crippen LogP contribution in [0.2, 0.25) is 0 Å². The molecule has 0 aliphatic heterocycles. The van der Waals surface area contributed by atoms with E-state index in [-0.39, 0.29) is 12.3 Å². The van der Waals surface area contributed by atoms with Crippen LogP contribution in [0.1, 0.15) is 31.2 Å². The van der Waals surface area contributed by atoms with E-state index in [4.69, 9.17) is 0 Å². The van der Waals surface area contributed by atoms with E-state index in [0.29, 0.717) is 0 Å². The summed E-state index contributed by atoms with van der Waals surface area (Å²) >= 11 is 0. The first-order valence-electron chi connectivity index (χ1n) is 4.61. The Kier molecular flexibility index (Phi) is 3.55. The summed E-state index contributed by atoms with van der Waals surface area (Å²) in [4.78, 5) is 0. The first-order chi connectivity index (χ1) is 6.49. The molecule has 78 valence electrons. The van der Waals surface area contributed by atoms with Crippen molar-refractivity contribution in [1.82, 2.24) is 0 Å². The molecule has 0 N–H and O–H groups in total. The van der Waals surface area contributed by atoms with Crippen LogP contribution < -0.4 is 0 Å². The van der Waals surface area contributed by atoms with Gasteiger partial charge in [0.05, 0.1) is 0 Å². The topological polar surface area (TPSA) is 0 Å². The molecule has 14 heavy (non-hydrogen) atoms. The largest absolute Gasteiger partial charge is 0.389 e. The molecule has 0 saturated carbocycles. The van der Waals surface area contributed by atoms with Crippen molar-refractivity contribution in [3.8, 4) is 0 Å². The van der Waals surface area contributed by atoms with Gasteiger partial charge in [-0.2, -0.15) is 13.2 Å². The van der Waals surface area contributed by atoms with Gasteiger partial charge in [-0.3, -0.25) is 0 Å². The molecule has 0 aliphatic carbocycles. The molecule has 1 aromatic rings. The minimum atomic E-state index is -4.04. The molecule has 0 heterocycles. The van der Waals surface area contributed by atoms with Crippen molar-refractivity contribution in [1.29, 1.82) is 0 Å². The van der Waals surface area contributed by atoms with E-state index in [9.17, 15) is 13.2 Å². The minimum Gasteiger partial charge on any atom is -0.171 e. The van der Waals surface area contributed by atoms with Crippen LogP contribution in [-0.4, -0.2) is 6.18 Å². The van der Waals surface area contributed by atoms with Crippen LogP contribution in [0.4, 0.5) is 13.2 Å². The summed E-state index contributed by atoms with van der Waals surface area (Å²) in [7, 11) is 0. The molecule has 0 aromatic heterocycles. The third-order valence-corrected chi connectivity index (χ3v) is 2.23. The maximum atomic E-state index is 11.9. The van der Waals surface area contributed by atoms with Gasteiger partial charge in [-0.15, -0.1) is 0 Å². The fourth-order valence-electron chi connectivity index (χ4n) is 1.33. The average molecular weight is 202 g/mol. The van der Waals surface area contributed by atoms with Gasteiger partial charge in [-0.1, -0.05) is 37.3 Å². The van der Waals surface area contributed by atoms with Crippen molar-refractivity contribution >= 4 is 0 Å². The quantitative estimate of drug-likeness (QED) is 0.691. The molecule has 0 bridgehead atoms. The molecule has 0 aliphatic rings. The predicted octanol–water partition coefficient (Wildman–Crippen LogP) is 4.13. The van der Waals surface area contributed by atoms with Crippen molar-refractivity contribution in [2.24, 2.45) is 0 Å². The number of benzene rings is 1. The van der Waals surface area contributed by atoms with Crippen molar-refractivity contribution in [2.75, 3.05) is 0 Å². The normalized spacial score (nSPS) is 14.0. The van der Waals surface area contributed by atoms with Crippen LogP contribution >= 0.6 is 0 Å². The van der Waals surface area contributed by atoms with Crippen LogP contribution in [0, 0.1) is 0 Å². The molecule has 0 radical (unpaired) electrons. The molecular weight excluding hydrogens is 189 g/mol. The summed E-state index contributed by atoms with van der Waals surface area (Å²) < 4.78 is 35.8. The van der Waals surface area contributed by atoms with Gasteiger partial charge < -0.3 is 0 Å². The fraction of sp³-hybridized carbons (Fsp3) is 0.455. The standard InChI is InChI=1S/C11H13F3/c1-9(7-8-11(12,13)14)10-5-3-2-4-6-10/h2-6,9H,7-8H2,1H3. The summed E-state index contributed by atoms with van der Waals surface area (Å²) in [5.41, 5.74) is 0.969. The van der Waals surface area contributed by atoms with E-state index in [1.54, 1.807) is 0 Å². The average Bonchev–Trinajstić information content (AvgIpc) is 2.14. The second-order valence-electron chi connectivity index (χ2n) is 3.47. The Bertz CT molecular complexity index is 264. The number of hydrogen-bond donors (Lipinski definition) is 0. The summed E-state index contributed by atoms with van der Waals surface area (Å²) in [5.74, 6) is -0.0298. The zero-order valence-electron chi connectivity index (χ0n) is 8.01. The third-order valence-electron chi connectivity index (χ3n) is 2.23. The van der Waals surface area contributed by atoms with Crippen LogP contribution in [0.5, 0.6) is 0 Å². The highest BCUT2D eigenvalue weighted by atomic mass is 19.4. The van der Waals surface area contributed by atoms with Gasteiger partial charge in [0.2, 0.25) is 0 Å². The Hall–Kier alpha value is -0.990. The Labute approximate surface area is 81.8 Å². The Morgan fingerprint density at radius 1 is 1.14 bits per heavy atom. The lowest BCUT2D eigenvalue weighted by molar-refractivity contribution is -0.136. The van der Waals surface area contributed by atoms with Gasteiger partial charge in [0, 0.05) is 6.42 Å². The Morgan fingerprint density at radius 3 is 2.21 bits per heavy atom. The zero-order valence-corrected chi connectivity index (χ0v) is 8.01. The van der Waals surface area contributed by atoms with Crippen LogP contribution in [0.25, 0.3) is 0 Å². The number of rotatable bonds is 3. The highest BCUT2D eigenvalue weighted by Gasteiger charge is 2.27. The van der Waals surface area contributed by atoms with Gasteiger partial charge in [0.1, 0.15) is 0 Å². The van der Waals surface area contributed by atoms with Crippen molar-refractivity contribution in [3.63, 3.8) is 0 Å². The maximum Gasteiger partial charge on any atom is 0.389 e. The third kappa shape index (κ3) is 3.81. The molecular formula is C11H13F3. The van der Waals surface area contributed by atoms with Crippen molar-refractivity contribution in [2.45, 2.75) is 31.9 Å². The van der Waals surface area contributed by atoms with Crippen LogP contribution in [0.15, 0.2) is 30.3 Å². The monoisotopic (exact) mass is 202 g/mol. The van der Waals surface area contributed by atoms with E-state index in [1.165, 1.54) is 0 Å². The highest BCUT2D eigenvalue weighted by molar-refractivity contribution is 5.18. The van der Waals surface area contributed by atoms with E-state index in [2.05, 4.69) is 0 Å². The van der Waals surface area contributed by atoms with Crippen LogP contribution in [-0.2, 0) is 0 Å². The fourth-order valence-corrected chi connectivity index (χ4v) is 1.33. The van der Waals surface area contributed by atoms with Gasteiger partial charge in [0.15, 0.2) is 0 Å². The second kappa shape index (κ2) is 4.49. The van der Waals surface area contributed by atoms with E-state index in [1.807, 2.05) is 37.3 Å². The Balaban J connectivity index is 2.48. The lowest BCUT2D eigenvalue weighted by Gasteiger charge is -2.12. The molecule has 1 rings (SSSR count). The van der Waals surface area contributed by atoms with E-state index in [0.717, 1.165) is 5.56 Å². The highest BCUT2D eigenvalue weighted by Crippen LogP contribution is 2.28. The lowest BCUT2D eigenvalue weighted by Crippen LogP contribution is -2.08. The first kappa shape index (κ1) is 11.1. The van der Waals surface area contributed by atoms with Gasteiger partial charge in [0.25, 0.3) is 0 Å². The molecule has 0 fully saturated rings. The summed E-state index contributed by atoms with van der Waals surface area (Å²) in [6, 6.07) is 9.28. The van der Waals surface area contributed by atoms with Gasteiger partial charge >= 0.3 is 6.18 Å². The minimum absolute atomic E-state index is 0.0298. The second-order valence-corrected chi connectivity index (χ2v) is 3.47. The number of alkyl halides is 3. The van der Waals surface area contributed by atoms with Gasteiger partial charge in [-0.25, -0.2) is 0 Å². The molecule has 1 aromatic carbocycles. The molecule has 0 amide bonds. The van der Waals surface area contributed by atoms with Crippen LogP contribution in [0.3, 0.4) is 0 Å². The smallest absolute Gasteiger partial charge is 0.171 e. The maximum absolute atomic E-state index is 11.9. The lowest BCUT2D eigenvalue weighted by atomic mass is 9.96. The van der Waals surface area contributed by atoms with Crippen molar-refractivity contribution < 1.29 is 13.2 Å². The zero-order chi connectivity index (χ0) is 10.6.